The highest BCUT2D eigenvalue weighted by atomic mass is 16.5. The molecule has 1 aliphatic rings. The highest BCUT2D eigenvalue weighted by Gasteiger charge is 2.37. The van der Waals surface area contributed by atoms with Crippen molar-refractivity contribution in [2.45, 2.75) is 53.1 Å². The smallest absolute Gasteiger partial charge is 0.246 e. The van der Waals surface area contributed by atoms with Crippen LogP contribution < -0.4 is 5.73 Å². The van der Waals surface area contributed by atoms with Crippen molar-refractivity contribution >= 4 is 5.91 Å². The number of amides is 1. The first kappa shape index (κ1) is 15.0. The molecule has 0 aliphatic carbocycles. The number of aromatic nitrogens is 2. The molecule has 1 aromatic heterocycles. The van der Waals surface area contributed by atoms with Gasteiger partial charge in [0.25, 0.3) is 0 Å². The summed E-state index contributed by atoms with van der Waals surface area (Å²) < 4.78 is 5.19. The largest absolute Gasteiger partial charge is 0.337 e. The van der Waals surface area contributed by atoms with E-state index in [4.69, 9.17) is 10.3 Å². The van der Waals surface area contributed by atoms with E-state index < -0.39 is 5.54 Å². The second kappa shape index (κ2) is 4.84. The lowest BCUT2D eigenvalue weighted by atomic mass is 9.80. The van der Waals surface area contributed by atoms with Crippen LogP contribution in [0.3, 0.4) is 0 Å². The highest BCUT2D eigenvalue weighted by Crippen LogP contribution is 2.34. The second-order valence-corrected chi connectivity index (χ2v) is 7.27. The number of carbonyl (C=O) groups excluding carboxylic acids is 1. The third kappa shape index (κ3) is 3.17. The average Bonchev–Trinajstić information content (AvgIpc) is 2.85. The molecule has 2 heterocycles. The molecule has 112 valence electrons. The predicted octanol–water partition coefficient (Wildman–Crippen LogP) is 1.66. The molecule has 0 spiro atoms. The summed E-state index contributed by atoms with van der Waals surface area (Å²) in [5.74, 6) is 1.42. The second-order valence-electron chi connectivity index (χ2n) is 7.27. The van der Waals surface area contributed by atoms with Crippen LogP contribution in [0.25, 0.3) is 0 Å². The summed E-state index contributed by atoms with van der Waals surface area (Å²) in [6, 6.07) is 0. The molecule has 2 rings (SSSR count). The number of nitrogens with zero attached hydrogens (tertiary/aromatic N) is 3. The molecule has 1 atom stereocenters. The van der Waals surface area contributed by atoms with Crippen LogP contribution in [0.15, 0.2) is 4.52 Å². The Bertz CT molecular complexity index is 496. The first-order chi connectivity index (χ1) is 9.07. The number of hydrogen-bond donors (Lipinski definition) is 1. The topological polar surface area (TPSA) is 85.2 Å². The summed E-state index contributed by atoms with van der Waals surface area (Å²) in [4.78, 5) is 18.1. The van der Waals surface area contributed by atoms with E-state index in [0.717, 1.165) is 6.54 Å². The zero-order valence-corrected chi connectivity index (χ0v) is 12.9. The first-order valence-electron chi connectivity index (χ1n) is 6.97. The van der Waals surface area contributed by atoms with Crippen LogP contribution in [0.4, 0.5) is 0 Å². The van der Waals surface area contributed by atoms with Gasteiger partial charge in [-0.05, 0) is 25.2 Å². The Balaban J connectivity index is 2.04. The molecule has 0 saturated carbocycles. The molecule has 1 saturated heterocycles. The molecule has 6 nitrogen and oxygen atoms in total. The molecule has 0 bridgehead atoms. The third-order valence-corrected chi connectivity index (χ3v) is 3.81. The third-order valence-electron chi connectivity index (χ3n) is 3.81. The van der Waals surface area contributed by atoms with Crippen molar-refractivity contribution in [3.63, 3.8) is 0 Å². The van der Waals surface area contributed by atoms with Gasteiger partial charge in [-0.3, -0.25) is 4.79 Å². The maximum Gasteiger partial charge on any atom is 0.246 e. The van der Waals surface area contributed by atoms with Gasteiger partial charge in [0.05, 0.1) is 12.1 Å². The monoisotopic (exact) mass is 280 g/mol. The minimum Gasteiger partial charge on any atom is -0.337 e. The van der Waals surface area contributed by atoms with Crippen LogP contribution in [-0.2, 0) is 16.9 Å². The van der Waals surface area contributed by atoms with Crippen LogP contribution in [0.2, 0.25) is 0 Å². The van der Waals surface area contributed by atoms with Crippen LogP contribution in [0.5, 0.6) is 0 Å². The minimum absolute atomic E-state index is 0.129. The lowest BCUT2D eigenvalue weighted by Crippen LogP contribution is -2.30. The van der Waals surface area contributed by atoms with E-state index in [9.17, 15) is 4.79 Å². The van der Waals surface area contributed by atoms with Crippen molar-refractivity contribution in [3.05, 3.63) is 11.7 Å². The molecule has 1 aromatic rings. The van der Waals surface area contributed by atoms with Gasteiger partial charge in [-0.1, -0.05) is 25.9 Å². The van der Waals surface area contributed by atoms with Gasteiger partial charge < -0.3 is 15.2 Å². The van der Waals surface area contributed by atoms with Crippen molar-refractivity contribution in [3.8, 4) is 0 Å². The molecular formula is C14H24N4O2. The van der Waals surface area contributed by atoms with Crippen molar-refractivity contribution < 1.29 is 9.32 Å². The number of carbonyl (C=O) groups is 1. The normalized spacial score (nSPS) is 20.8. The van der Waals surface area contributed by atoms with Crippen molar-refractivity contribution in [1.82, 2.24) is 15.0 Å². The van der Waals surface area contributed by atoms with E-state index in [1.165, 1.54) is 0 Å². The van der Waals surface area contributed by atoms with Gasteiger partial charge in [0.1, 0.15) is 0 Å². The van der Waals surface area contributed by atoms with Crippen LogP contribution >= 0.6 is 0 Å². The molecule has 0 radical (unpaired) electrons. The molecule has 20 heavy (non-hydrogen) atoms. The standard InChI is InChI=1S/C14H24N4O2/c1-13(2,3)9-6-11(19)18(7-9)8-10-16-12(17-20-10)14(4,5)15/h9H,6-8,15H2,1-5H3. The molecule has 1 aliphatic heterocycles. The van der Waals surface area contributed by atoms with Crippen molar-refractivity contribution in [1.29, 1.82) is 0 Å². The SMILES string of the molecule is CC(C)(N)c1noc(CN2CC(C(C)(C)C)CC2=O)n1. The van der Waals surface area contributed by atoms with E-state index in [1.54, 1.807) is 4.90 Å². The van der Waals surface area contributed by atoms with Gasteiger partial charge in [-0.2, -0.15) is 4.98 Å². The summed E-state index contributed by atoms with van der Waals surface area (Å²) in [6.45, 7) is 11.2. The molecule has 2 N–H and O–H groups in total. The lowest BCUT2D eigenvalue weighted by Gasteiger charge is -2.26. The summed E-state index contributed by atoms with van der Waals surface area (Å²) in [5, 5.41) is 3.87. The Morgan fingerprint density at radius 3 is 2.45 bits per heavy atom. The Morgan fingerprint density at radius 1 is 1.35 bits per heavy atom. The predicted molar refractivity (Wildman–Crippen MR) is 74.5 cm³/mol. The average molecular weight is 280 g/mol. The fraction of sp³-hybridized carbons (Fsp3) is 0.786. The number of rotatable bonds is 3. The quantitative estimate of drug-likeness (QED) is 0.910. The molecule has 0 aromatic carbocycles. The Labute approximate surface area is 119 Å². The zero-order valence-electron chi connectivity index (χ0n) is 12.9. The van der Waals surface area contributed by atoms with Crippen LogP contribution in [0.1, 0.15) is 52.8 Å². The molecule has 1 fully saturated rings. The molecule has 1 unspecified atom stereocenters. The molecule has 1 amide bonds. The summed E-state index contributed by atoms with van der Waals surface area (Å²) in [5.41, 5.74) is 5.41. The lowest BCUT2D eigenvalue weighted by molar-refractivity contribution is -0.128. The van der Waals surface area contributed by atoms with E-state index in [1.807, 2.05) is 13.8 Å². The fourth-order valence-corrected chi connectivity index (χ4v) is 2.25. The summed E-state index contributed by atoms with van der Waals surface area (Å²) in [6.07, 6.45) is 0.590. The molecular weight excluding hydrogens is 256 g/mol. The molecule has 6 heteroatoms. The Hall–Kier alpha value is -1.43. The van der Waals surface area contributed by atoms with Crippen molar-refractivity contribution in [2.24, 2.45) is 17.1 Å². The van der Waals surface area contributed by atoms with Crippen LogP contribution in [-0.4, -0.2) is 27.5 Å². The van der Waals surface area contributed by atoms with Gasteiger partial charge in [0.2, 0.25) is 11.8 Å². The van der Waals surface area contributed by atoms with Crippen molar-refractivity contribution in [2.75, 3.05) is 6.54 Å². The highest BCUT2D eigenvalue weighted by molar-refractivity contribution is 5.78. The maximum absolute atomic E-state index is 12.1. The van der Waals surface area contributed by atoms with Gasteiger partial charge >= 0.3 is 0 Å². The van der Waals surface area contributed by atoms with Crippen LogP contribution in [0, 0.1) is 11.3 Å². The summed E-state index contributed by atoms with van der Waals surface area (Å²) in [7, 11) is 0. The van der Waals surface area contributed by atoms with E-state index in [-0.39, 0.29) is 11.3 Å². The number of hydrogen-bond acceptors (Lipinski definition) is 5. The first-order valence-corrected chi connectivity index (χ1v) is 6.97. The minimum atomic E-state index is -0.634. The number of nitrogens with two attached hydrogens (primary N) is 1. The zero-order chi connectivity index (χ0) is 15.1. The van der Waals surface area contributed by atoms with E-state index in [2.05, 4.69) is 30.9 Å². The Kier molecular flexibility index (Phi) is 3.62. The maximum atomic E-state index is 12.1. The van der Waals surface area contributed by atoms with Gasteiger partial charge in [0.15, 0.2) is 5.82 Å². The van der Waals surface area contributed by atoms with Gasteiger partial charge in [0, 0.05) is 13.0 Å². The fourth-order valence-electron chi connectivity index (χ4n) is 2.25. The van der Waals surface area contributed by atoms with E-state index in [0.29, 0.717) is 30.6 Å². The van der Waals surface area contributed by atoms with Gasteiger partial charge in [-0.15, -0.1) is 0 Å². The Morgan fingerprint density at radius 2 is 2.00 bits per heavy atom. The van der Waals surface area contributed by atoms with Gasteiger partial charge in [-0.25, -0.2) is 0 Å². The van der Waals surface area contributed by atoms with E-state index >= 15 is 0 Å². The summed E-state index contributed by atoms with van der Waals surface area (Å²) >= 11 is 0. The number of likely N-dealkylation sites (tertiary alicyclic amines) is 1.